The van der Waals surface area contributed by atoms with Gasteiger partial charge in [0, 0.05) is 35.8 Å². The van der Waals surface area contributed by atoms with Crippen molar-refractivity contribution in [2.24, 2.45) is 7.05 Å². The van der Waals surface area contributed by atoms with Crippen LogP contribution < -0.4 is 5.32 Å². The van der Waals surface area contributed by atoms with Gasteiger partial charge < -0.3 is 10.4 Å². The third-order valence-corrected chi connectivity index (χ3v) is 4.91. The highest BCUT2D eigenvalue weighted by Crippen LogP contribution is 2.30. The molecule has 0 radical (unpaired) electrons. The number of nitrogens with zero attached hydrogens (tertiary/aromatic N) is 4. The first-order valence-electron chi connectivity index (χ1n) is 9.02. The second kappa shape index (κ2) is 7.28. The standard InChI is InChI=1S/C21H17N5O4/c1-12-16(11-22-25(12)2)18-10-15(14-5-3-4-6-17(14)23-18)21(28)24-19-9-13(26(29)30)7-8-20(19)27/h3-11,27H,1-2H3,(H,24,28). The molecule has 0 spiro atoms. The van der Waals surface area contributed by atoms with E-state index in [9.17, 15) is 20.0 Å². The van der Waals surface area contributed by atoms with Crippen LogP contribution in [-0.4, -0.2) is 30.7 Å². The number of anilines is 1. The number of non-ortho nitro benzene ring substituents is 1. The van der Waals surface area contributed by atoms with Gasteiger partial charge in [0.2, 0.25) is 0 Å². The monoisotopic (exact) mass is 403 g/mol. The predicted molar refractivity (Wildman–Crippen MR) is 111 cm³/mol. The lowest BCUT2D eigenvalue weighted by molar-refractivity contribution is -0.384. The highest BCUT2D eigenvalue weighted by Gasteiger charge is 2.18. The first-order valence-corrected chi connectivity index (χ1v) is 9.02. The topological polar surface area (TPSA) is 123 Å². The number of phenols is 1. The third kappa shape index (κ3) is 3.32. The van der Waals surface area contributed by atoms with E-state index in [1.165, 1.54) is 6.07 Å². The van der Waals surface area contributed by atoms with Gasteiger partial charge in [-0.2, -0.15) is 5.10 Å². The molecule has 2 N–H and O–H groups in total. The summed E-state index contributed by atoms with van der Waals surface area (Å²) in [6, 6.07) is 12.3. The van der Waals surface area contributed by atoms with Crippen LogP contribution >= 0.6 is 0 Å². The molecule has 0 aliphatic carbocycles. The van der Waals surface area contributed by atoms with Crippen molar-refractivity contribution in [2.75, 3.05) is 5.32 Å². The van der Waals surface area contributed by atoms with Crippen molar-refractivity contribution in [3.63, 3.8) is 0 Å². The summed E-state index contributed by atoms with van der Waals surface area (Å²) in [6.07, 6.45) is 1.68. The number of aromatic nitrogens is 3. The van der Waals surface area contributed by atoms with Gasteiger partial charge in [0.15, 0.2) is 0 Å². The summed E-state index contributed by atoms with van der Waals surface area (Å²) in [7, 11) is 1.82. The number of hydrogen-bond donors (Lipinski definition) is 2. The first kappa shape index (κ1) is 19.1. The Bertz CT molecular complexity index is 1310. The van der Waals surface area contributed by atoms with E-state index in [0.717, 1.165) is 23.4 Å². The molecule has 4 rings (SSSR count). The van der Waals surface area contributed by atoms with Crippen molar-refractivity contribution >= 4 is 28.2 Å². The number of nitrogens with one attached hydrogen (secondary N) is 1. The molecule has 0 saturated heterocycles. The third-order valence-electron chi connectivity index (χ3n) is 4.91. The number of carbonyl (C=O) groups is 1. The molecule has 0 bridgehead atoms. The molecular weight excluding hydrogens is 386 g/mol. The fourth-order valence-corrected chi connectivity index (χ4v) is 3.18. The van der Waals surface area contributed by atoms with Crippen LogP contribution in [0.1, 0.15) is 16.1 Å². The van der Waals surface area contributed by atoms with Gasteiger partial charge in [-0.3, -0.25) is 19.6 Å². The van der Waals surface area contributed by atoms with E-state index in [1.807, 2.05) is 20.0 Å². The lowest BCUT2D eigenvalue weighted by atomic mass is 10.0. The largest absolute Gasteiger partial charge is 0.506 e. The highest BCUT2D eigenvalue weighted by atomic mass is 16.6. The maximum Gasteiger partial charge on any atom is 0.271 e. The molecule has 0 aliphatic heterocycles. The Morgan fingerprint density at radius 3 is 2.67 bits per heavy atom. The number of nitro benzene ring substituents is 1. The quantitative estimate of drug-likeness (QED) is 0.303. The maximum atomic E-state index is 13.1. The number of nitro groups is 1. The lowest BCUT2D eigenvalue weighted by Gasteiger charge is -2.11. The van der Waals surface area contributed by atoms with Crippen LogP contribution in [0.3, 0.4) is 0 Å². The number of carbonyl (C=O) groups excluding carboxylic acids is 1. The molecule has 4 aromatic rings. The van der Waals surface area contributed by atoms with Crippen molar-refractivity contribution in [3.05, 3.63) is 76.1 Å². The zero-order valence-corrected chi connectivity index (χ0v) is 16.2. The van der Waals surface area contributed by atoms with Crippen molar-refractivity contribution < 1.29 is 14.8 Å². The number of pyridine rings is 1. The Morgan fingerprint density at radius 2 is 1.97 bits per heavy atom. The number of hydrogen-bond acceptors (Lipinski definition) is 6. The maximum absolute atomic E-state index is 13.1. The number of aryl methyl sites for hydroxylation is 1. The summed E-state index contributed by atoms with van der Waals surface area (Å²) in [5.41, 5.74) is 2.91. The molecule has 30 heavy (non-hydrogen) atoms. The smallest absolute Gasteiger partial charge is 0.271 e. The summed E-state index contributed by atoms with van der Waals surface area (Å²) in [4.78, 5) is 28.2. The van der Waals surface area contributed by atoms with Crippen LogP contribution in [0.5, 0.6) is 5.75 Å². The van der Waals surface area contributed by atoms with Crippen LogP contribution in [0.4, 0.5) is 11.4 Å². The van der Waals surface area contributed by atoms with Gasteiger partial charge in [0.1, 0.15) is 5.75 Å². The van der Waals surface area contributed by atoms with Crippen LogP contribution in [0.25, 0.3) is 22.2 Å². The van der Waals surface area contributed by atoms with Crippen molar-refractivity contribution in [1.82, 2.24) is 14.8 Å². The van der Waals surface area contributed by atoms with Crippen LogP contribution in [0, 0.1) is 17.0 Å². The molecular formula is C21H17N5O4. The second-order valence-electron chi connectivity index (χ2n) is 6.75. The van der Waals surface area contributed by atoms with Gasteiger partial charge in [0.05, 0.1) is 33.6 Å². The summed E-state index contributed by atoms with van der Waals surface area (Å²) in [5, 5.41) is 28.5. The minimum absolute atomic E-state index is 0.0470. The van der Waals surface area contributed by atoms with Crippen molar-refractivity contribution in [2.45, 2.75) is 6.92 Å². The number of para-hydroxylation sites is 1. The van der Waals surface area contributed by atoms with Crippen molar-refractivity contribution in [1.29, 1.82) is 0 Å². The Morgan fingerprint density at radius 1 is 1.20 bits per heavy atom. The van der Waals surface area contributed by atoms with Gasteiger partial charge >= 0.3 is 0 Å². The summed E-state index contributed by atoms with van der Waals surface area (Å²) >= 11 is 0. The molecule has 9 nitrogen and oxygen atoms in total. The first-order chi connectivity index (χ1) is 14.3. The van der Waals surface area contributed by atoms with E-state index >= 15 is 0 Å². The lowest BCUT2D eigenvalue weighted by Crippen LogP contribution is -2.13. The number of benzene rings is 2. The summed E-state index contributed by atoms with van der Waals surface area (Å²) in [6.45, 7) is 1.90. The van der Waals surface area contributed by atoms with Crippen molar-refractivity contribution in [3.8, 4) is 17.0 Å². The summed E-state index contributed by atoms with van der Waals surface area (Å²) < 4.78 is 1.72. The molecule has 0 atom stereocenters. The van der Waals surface area contributed by atoms with E-state index in [1.54, 1.807) is 35.1 Å². The molecule has 2 aromatic heterocycles. The molecule has 1 amide bonds. The molecule has 9 heteroatoms. The number of phenolic OH excluding ortho intramolecular Hbond substituents is 1. The normalized spacial score (nSPS) is 10.9. The zero-order chi connectivity index (χ0) is 21.4. The van der Waals surface area contributed by atoms with E-state index in [2.05, 4.69) is 15.4 Å². The van der Waals surface area contributed by atoms with E-state index in [-0.39, 0.29) is 17.1 Å². The molecule has 0 fully saturated rings. The number of rotatable bonds is 4. The van der Waals surface area contributed by atoms with Gasteiger partial charge in [-0.05, 0) is 25.1 Å². The van der Waals surface area contributed by atoms with Crippen LogP contribution in [0.15, 0.2) is 54.7 Å². The van der Waals surface area contributed by atoms with Gasteiger partial charge in [-0.25, -0.2) is 4.98 Å². The SMILES string of the molecule is Cc1c(-c2cc(C(=O)Nc3cc([N+](=O)[O-])ccc3O)c3ccccc3n2)cnn1C. The van der Waals surface area contributed by atoms with Gasteiger partial charge in [-0.1, -0.05) is 18.2 Å². The van der Waals surface area contributed by atoms with Crippen LogP contribution in [-0.2, 0) is 7.05 Å². The Balaban J connectivity index is 1.82. The number of aromatic hydroxyl groups is 1. The Hall–Kier alpha value is -4.27. The van der Waals surface area contributed by atoms with Gasteiger partial charge in [0.25, 0.3) is 11.6 Å². The second-order valence-corrected chi connectivity index (χ2v) is 6.75. The van der Waals surface area contributed by atoms with Crippen LogP contribution in [0.2, 0.25) is 0 Å². The minimum Gasteiger partial charge on any atom is -0.506 e. The van der Waals surface area contributed by atoms with E-state index in [4.69, 9.17) is 0 Å². The molecule has 2 heterocycles. The highest BCUT2D eigenvalue weighted by molar-refractivity contribution is 6.13. The molecule has 2 aromatic carbocycles. The van der Waals surface area contributed by atoms with E-state index < -0.39 is 10.8 Å². The van der Waals surface area contributed by atoms with E-state index in [0.29, 0.717) is 22.2 Å². The molecule has 0 aliphatic rings. The predicted octanol–water partition coefficient (Wildman–Crippen LogP) is 3.81. The fourth-order valence-electron chi connectivity index (χ4n) is 3.18. The molecule has 0 saturated carbocycles. The molecule has 150 valence electrons. The average Bonchev–Trinajstić information content (AvgIpc) is 3.07. The number of amides is 1. The minimum atomic E-state index is -0.597. The zero-order valence-electron chi connectivity index (χ0n) is 16.2. The fraction of sp³-hybridized carbons (Fsp3) is 0.0952. The Kier molecular flexibility index (Phi) is 4.63. The average molecular weight is 403 g/mol. The molecule has 0 unspecified atom stereocenters. The summed E-state index contributed by atoms with van der Waals surface area (Å²) in [5.74, 6) is -0.789. The Labute approximate surface area is 170 Å². The number of fused-ring (bicyclic) bond motifs is 1. The van der Waals surface area contributed by atoms with Gasteiger partial charge in [-0.15, -0.1) is 0 Å².